The Hall–Kier alpha value is -0.750. The quantitative estimate of drug-likeness (QED) is 0.608. The highest BCUT2D eigenvalue weighted by Crippen LogP contribution is 2.28. The molecule has 0 amide bonds. The lowest BCUT2D eigenvalue weighted by molar-refractivity contribution is 1.57. The maximum absolute atomic E-state index is 6.07. The minimum Gasteiger partial charge on any atom is -0.120 e. The lowest BCUT2D eigenvalue weighted by Gasteiger charge is -2.03. The van der Waals surface area contributed by atoms with E-state index >= 15 is 0 Å². The van der Waals surface area contributed by atoms with E-state index in [-0.39, 0.29) is 0 Å². The summed E-state index contributed by atoms with van der Waals surface area (Å²) in [5.41, 5.74) is 5.16. The van der Waals surface area contributed by atoms with Crippen molar-refractivity contribution in [2.75, 3.05) is 0 Å². The third-order valence-electron chi connectivity index (χ3n) is 1.84. The number of fused-ring (bicyclic) bond motifs is 1. The SMILES string of the molecule is ClC1=CC=C=Cc2ccc(Br)cc21. The molecule has 64 valence electrons. The van der Waals surface area contributed by atoms with Crippen molar-refractivity contribution >= 4 is 38.6 Å². The van der Waals surface area contributed by atoms with Crippen LogP contribution in [0.15, 0.2) is 40.6 Å². The van der Waals surface area contributed by atoms with Gasteiger partial charge >= 0.3 is 0 Å². The molecule has 0 N–H and O–H groups in total. The zero-order valence-electron chi connectivity index (χ0n) is 6.72. The second-order valence-corrected chi connectivity index (χ2v) is 4.05. The Morgan fingerprint density at radius 2 is 2.15 bits per heavy atom. The molecule has 1 aromatic carbocycles. The number of hydrogen-bond acceptors (Lipinski definition) is 0. The molecular weight excluding hydrogens is 247 g/mol. The molecule has 0 nitrogen and oxygen atoms in total. The highest BCUT2D eigenvalue weighted by molar-refractivity contribution is 9.10. The van der Waals surface area contributed by atoms with Gasteiger partial charge in [0.2, 0.25) is 0 Å². The predicted octanol–water partition coefficient (Wildman–Crippen LogP) is 4.21. The highest BCUT2D eigenvalue weighted by atomic mass is 79.9. The van der Waals surface area contributed by atoms with Gasteiger partial charge in [-0.1, -0.05) is 33.6 Å². The predicted molar refractivity (Wildman–Crippen MR) is 60.5 cm³/mol. The zero-order chi connectivity index (χ0) is 9.26. The van der Waals surface area contributed by atoms with E-state index in [0.29, 0.717) is 0 Å². The molecule has 0 spiro atoms. The number of hydrogen-bond donors (Lipinski definition) is 0. The Morgan fingerprint density at radius 3 is 3.00 bits per heavy atom. The van der Waals surface area contributed by atoms with Crippen LogP contribution in [-0.2, 0) is 0 Å². The van der Waals surface area contributed by atoms with Gasteiger partial charge in [-0.2, -0.15) is 0 Å². The Bertz CT molecular complexity index is 437. The molecule has 0 fully saturated rings. The van der Waals surface area contributed by atoms with Gasteiger partial charge in [0.1, 0.15) is 0 Å². The highest BCUT2D eigenvalue weighted by Gasteiger charge is 2.05. The molecule has 2 heteroatoms. The van der Waals surface area contributed by atoms with E-state index in [9.17, 15) is 0 Å². The lowest BCUT2D eigenvalue weighted by Crippen LogP contribution is -1.82. The summed E-state index contributed by atoms with van der Waals surface area (Å²) in [4.78, 5) is 0. The van der Waals surface area contributed by atoms with E-state index in [4.69, 9.17) is 11.6 Å². The molecule has 13 heavy (non-hydrogen) atoms. The molecule has 0 saturated heterocycles. The molecule has 1 aromatic rings. The molecule has 0 aromatic heterocycles. The first kappa shape index (κ1) is 8.83. The Balaban J connectivity index is 2.70. The summed E-state index contributed by atoms with van der Waals surface area (Å²) in [5, 5.41) is 0.748. The number of halogens is 2. The van der Waals surface area contributed by atoms with Crippen molar-refractivity contribution in [3.8, 4) is 0 Å². The molecule has 0 unspecified atom stereocenters. The fourth-order valence-electron chi connectivity index (χ4n) is 1.21. The Kier molecular flexibility index (Phi) is 2.41. The number of rotatable bonds is 0. The van der Waals surface area contributed by atoms with E-state index in [1.165, 1.54) is 0 Å². The van der Waals surface area contributed by atoms with Gasteiger partial charge < -0.3 is 0 Å². The van der Waals surface area contributed by atoms with Crippen LogP contribution in [0.5, 0.6) is 0 Å². The summed E-state index contributed by atoms with van der Waals surface area (Å²) in [6, 6.07) is 6.01. The molecule has 0 bridgehead atoms. The van der Waals surface area contributed by atoms with E-state index in [1.807, 2.05) is 36.4 Å². The maximum atomic E-state index is 6.07. The van der Waals surface area contributed by atoms with Crippen LogP contribution >= 0.6 is 27.5 Å². The minimum absolute atomic E-state index is 0.748. The van der Waals surface area contributed by atoms with Crippen LogP contribution in [-0.4, -0.2) is 0 Å². The largest absolute Gasteiger partial charge is 0.120 e. The molecule has 2 rings (SSSR count). The van der Waals surface area contributed by atoms with Gasteiger partial charge in [-0.3, -0.25) is 0 Å². The van der Waals surface area contributed by atoms with Crippen LogP contribution in [0.3, 0.4) is 0 Å². The summed E-state index contributed by atoms with van der Waals surface area (Å²) >= 11 is 9.49. The molecule has 1 aliphatic carbocycles. The van der Waals surface area contributed by atoms with Crippen LogP contribution < -0.4 is 0 Å². The monoisotopic (exact) mass is 252 g/mol. The first-order valence-corrected chi connectivity index (χ1v) is 5.02. The molecule has 0 atom stereocenters. The Labute approximate surface area is 90.4 Å². The van der Waals surface area contributed by atoms with Gasteiger partial charge in [-0.15, -0.1) is 5.73 Å². The van der Waals surface area contributed by atoms with E-state index in [1.54, 1.807) is 0 Å². The number of allylic oxidation sites excluding steroid dienone is 2. The fraction of sp³-hybridized carbons (Fsp3) is 0. The summed E-state index contributed by atoms with van der Waals surface area (Å²) in [7, 11) is 0. The van der Waals surface area contributed by atoms with Crippen molar-refractivity contribution < 1.29 is 0 Å². The summed E-state index contributed by atoms with van der Waals surface area (Å²) in [6.07, 6.45) is 5.58. The first-order valence-electron chi connectivity index (χ1n) is 3.85. The van der Waals surface area contributed by atoms with Crippen molar-refractivity contribution in [1.29, 1.82) is 0 Å². The van der Waals surface area contributed by atoms with Crippen LogP contribution in [0, 0.1) is 0 Å². The molecular formula is C11H6BrCl. The van der Waals surface area contributed by atoms with Gasteiger partial charge in [0.25, 0.3) is 0 Å². The van der Waals surface area contributed by atoms with Crippen LogP contribution in [0.1, 0.15) is 11.1 Å². The summed E-state index contributed by atoms with van der Waals surface area (Å²) in [6.45, 7) is 0. The van der Waals surface area contributed by atoms with Crippen molar-refractivity contribution in [3.05, 3.63) is 51.7 Å². The van der Waals surface area contributed by atoms with Gasteiger partial charge in [0.15, 0.2) is 0 Å². The third kappa shape index (κ3) is 1.78. The van der Waals surface area contributed by atoms with Crippen LogP contribution in [0.4, 0.5) is 0 Å². The lowest BCUT2D eigenvalue weighted by atomic mass is 10.1. The van der Waals surface area contributed by atoms with Crippen LogP contribution in [0.2, 0.25) is 0 Å². The van der Waals surface area contributed by atoms with E-state index in [0.717, 1.165) is 20.6 Å². The Morgan fingerprint density at radius 1 is 1.31 bits per heavy atom. The zero-order valence-corrected chi connectivity index (χ0v) is 9.06. The summed E-state index contributed by atoms with van der Waals surface area (Å²) < 4.78 is 1.04. The van der Waals surface area contributed by atoms with Gasteiger partial charge in [0.05, 0.1) is 0 Å². The molecule has 0 aliphatic heterocycles. The number of benzene rings is 1. The van der Waals surface area contributed by atoms with Gasteiger partial charge in [-0.25, -0.2) is 0 Å². The average Bonchev–Trinajstić information content (AvgIpc) is 2.29. The summed E-state index contributed by atoms with van der Waals surface area (Å²) in [5.74, 6) is 0. The van der Waals surface area contributed by atoms with E-state index in [2.05, 4.69) is 21.7 Å². The molecule has 0 radical (unpaired) electrons. The molecule has 0 saturated carbocycles. The fourth-order valence-corrected chi connectivity index (χ4v) is 1.80. The third-order valence-corrected chi connectivity index (χ3v) is 2.66. The normalized spacial score (nSPS) is 13.5. The smallest absolute Gasteiger partial charge is 0.0491 e. The molecule has 1 aliphatic rings. The maximum Gasteiger partial charge on any atom is 0.0491 e. The van der Waals surface area contributed by atoms with Crippen molar-refractivity contribution in [1.82, 2.24) is 0 Å². The van der Waals surface area contributed by atoms with Crippen LogP contribution in [0.25, 0.3) is 11.1 Å². The van der Waals surface area contributed by atoms with Gasteiger partial charge in [-0.05, 0) is 35.9 Å². The second-order valence-electron chi connectivity index (χ2n) is 2.72. The van der Waals surface area contributed by atoms with Gasteiger partial charge in [0, 0.05) is 15.1 Å². The standard InChI is InChI=1S/C11H6BrCl/c12-9-6-5-8-3-1-2-4-11(13)10(8)7-9/h2-7H. The van der Waals surface area contributed by atoms with Crippen molar-refractivity contribution in [2.45, 2.75) is 0 Å². The van der Waals surface area contributed by atoms with Crippen molar-refractivity contribution in [3.63, 3.8) is 0 Å². The second kappa shape index (κ2) is 3.55. The topological polar surface area (TPSA) is 0 Å². The average molecular weight is 254 g/mol. The molecule has 0 heterocycles. The van der Waals surface area contributed by atoms with E-state index < -0.39 is 0 Å². The minimum atomic E-state index is 0.748. The van der Waals surface area contributed by atoms with Crippen molar-refractivity contribution in [2.24, 2.45) is 0 Å². The first-order chi connectivity index (χ1) is 6.27.